The number of anilines is 1. The van der Waals surface area contributed by atoms with Crippen molar-refractivity contribution in [1.29, 1.82) is 0 Å². The lowest BCUT2D eigenvalue weighted by Gasteiger charge is -2.39. The first-order valence-corrected chi connectivity index (χ1v) is 9.30. The van der Waals surface area contributed by atoms with Gasteiger partial charge in [-0.25, -0.2) is 4.39 Å². The summed E-state index contributed by atoms with van der Waals surface area (Å²) in [6.45, 7) is 5.01. The summed E-state index contributed by atoms with van der Waals surface area (Å²) in [6, 6.07) is 11.9. The van der Waals surface area contributed by atoms with E-state index in [2.05, 4.69) is 4.90 Å². The van der Waals surface area contributed by atoms with Gasteiger partial charge in [0.2, 0.25) is 5.91 Å². The van der Waals surface area contributed by atoms with Gasteiger partial charge in [0.1, 0.15) is 5.82 Å². The highest BCUT2D eigenvalue weighted by Crippen LogP contribution is 2.20. The number of carbonyl (C=O) groups excluding carboxylic acids is 1. The summed E-state index contributed by atoms with van der Waals surface area (Å²) in [7, 11) is 0. The van der Waals surface area contributed by atoms with Crippen molar-refractivity contribution < 1.29 is 9.18 Å². The number of nitrogen functional groups attached to an aromatic ring is 1. The van der Waals surface area contributed by atoms with Crippen molar-refractivity contribution in [2.75, 3.05) is 25.4 Å². The van der Waals surface area contributed by atoms with Gasteiger partial charge in [-0.1, -0.05) is 29.8 Å². The summed E-state index contributed by atoms with van der Waals surface area (Å²) in [5.41, 5.74) is 8.31. The molecule has 1 aliphatic rings. The molecule has 0 saturated carbocycles. The number of nitrogens with zero attached hydrogens (tertiary/aromatic N) is 2. The molecule has 1 atom stereocenters. The van der Waals surface area contributed by atoms with E-state index < -0.39 is 0 Å². The van der Waals surface area contributed by atoms with Crippen molar-refractivity contribution in [2.45, 2.75) is 19.5 Å². The molecular weight excluding hydrogens is 365 g/mol. The second-order valence-corrected chi connectivity index (χ2v) is 7.29. The molecule has 1 heterocycles. The van der Waals surface area contributed by atoms with Crippen molar-refractivity contribution in [2.24, 2.45) is 0 Å². The van der Waals surface area contributed by atoms with Crippen molar-refractivity contribution in [3.8, 4) is 0 Å². The first-order valence-electron chi connectivity index (χ1n) is 8.93. The largest absolute Gasteiger partial charge is 0.398 e. The molecule has 27 heavy (non-hydrogen) atoms. The lowest BCUT2D eigenvalue weighted by molar-refractivity contribution is -0.130. The third kappa shape index (κ3) is 5.08. The van der Waals surface area contributed by atoms with E-state index in [9.17, 15) is 9.18 Å². The fourth-order valence-corrected chi connectivity index (χ4v) is 3.49. The van der Waals surface area contributed by atoms with E-state index in [1.807, 2.05) is 11.8 Å². The van der Waals surface area contributed by atoms with Crippen molar-refractivity contribution in [1.82, 2.24) is 9.80 Å². The highest BCUT2D eigenvalue weighted by atomic mass is 35.5. The summed E-state index contributed by atoms with van der Waals surface area (Å²) in [5.74, 6) is -0.256. The Hall–Kier alpha value is -2.37. The summed E-state index contributed by atoms with van der Waals surface area (Å²) < 4.78 is 13.0. The zero-order valence-corrected chi connectivity index (χ0v) is 16.0. The van der Waals surface area contributed by atoms with Gasteiger partial charge in [-0.15, -0.1) is 0 Å². The number of rotatable bonds is 4. The number of halogens is 2. The molecule has 0 radical (unpaired) electrons. The van der Waals surface area contributed by atoms with E-state index >= 15 is 0 Å². The van der Waals surface area contributed by atoms with E-state index in [1.54, 1.807) is 42.5 Å². The molecule has 0 unspecified atom stereocenters. The van der Waals surface area contributed by atoms with Crippen LogP contribution < -0.4 is 5.73 Å². The highest BCUT2D eigenvalue weighted by molar-refractivity contribution is 6.30. The van der Waals surface area contributed by atoms with Crippen LogP contribution in [0.5, 0.6) is 0 Å². The van der Waals surface area contributed by atoms with Gasteiger partial charge in [0.05, 0.1) is 0 Å². The molecule has 0 spiro atoms. The third-order valence-corrected chi connectivity index (χ3v) is 5.00. The third-order valence-electron chi connectivity index (χ3n) is 4.77. The first kappa shape index (κ1) is 19.4. The molecule has 2 N–H and O–H groups in total. The SMILES string of the molecule is C[C@H]1CN(Cc2ccc(F)cc2)CCN1C(=O)/C=C/c1ccc(Cl)cc1N. The van der Waals surface area contributed by atoms with Crippen LogP contribution in [0.1, 0.15) is 18.1 Å². The van der Waals surface area contributed by atoms with E-state index in [0.29, 0.717) is 17.3 Å². The van der Waals surface area contributed by atoms with E-state index in [1.165, 1.54) is 12.1 Å². The second-order valence-electron chi connectivity index (χ2n) is 6.85. The molecule has 0 bridgehead atoms. The molecule has 1 aliphatic heterocycles. The van der Waals surface area contributed by atoms with Crippen LogP contribution in [0.25, 0.3) is 6.08 Å². The van der Waals surface area contributed by atoms with Crippen LogP contribution >= 0.6 is 11.6 Å². The summed E-state index contributed by atoms with van der Waals surface area (Å²) in [4.78, 5) is 16.7. The number of hydrogen-bond donors (Lipinski definition) is 1. The predicted octanol–water partition coefficient (Wildman–Crippen LogP) is 3.81. The van der Waals surface area contributed by atoms with Gasteiger partial charge in [-0.3, -0.25) is 9.69 Å². The number of benzene rings is 2. The molecule has 1 saturated heterocycles. The minimum absolute atomic E-state index is 0.0294. The lowest BCUT2D eigenvalue weighted by Crippen LogP contribution is -2.53. The summed E-state index contributed by atoms with van der Waals surface area (Å²) in [5, 5.41) is 0.571. The van der Waals surface area contributed by atoms with Gasteiger partial charge in [0.15, 0.2) is 0 Å². The fourth-order valence-electron chi connectivity index (χ4n) is 3.31. The normalized spacial score (nSPS) is 18.2. The number of carbonyl (C=O) groups is 1. The molecule has 142 valence electrons. The molecular formula is C21H23ClFN3O. The highest BCUT2D eigenvalue weighted by Gasteiger charge is 2.26. The standard InChI is InChI=1S/C21H23ClFN3O/c1-15-13-25(14-16-2-7-19(23)8-3-16)10-11-26(15)21(27)9-5-17-4-6-18(22)12-20(17)24/h2-9,12,15H,10-11,13-14,24H2,1H3/b9-5+/t15-/m0/s1. The molecule has 0 aromatic heterocycles. The number of nitrogens with two attached hydrogens (primary N) is 1. The van der Waals surface area contributed by atoms with Crippen molar-refractivity contribution in [3.05, 3.63) is 70.5 Å². The van der Waals surface area contributed by atoms with Crippen LogP contribution in [0, 0.1) is 5.82 Å². The molecule has 1 fully saturated rings. The minimum atomic E-state index is -0.226. The van der Waals surface area contributed by atoms with Crippen LogP contribution in [-0.2, 0) is 11.3 Å². The monoisotopic (exact) mass is 387 g/mol. The van der Waals surface area contributed by atoms with Crippen LogP contribution in [0.4, 0.5) is 10.1 Å². The van der Waals surface area contributed by atoms with Gasteiger partial charge in [-0.05, 0) is 48.4 Å². The average molecular weight is 388 g/mol. The molecule has 6 heteroatoms. The zero-order chi connectivity index (χ0) is 19.4. The van der Waals surface area contributed by atoms with Gasteiger partial charge < -0.3 is 10.6 Å². The Balaban J connectivity index is 1.57. The topological polar surface area (TPSA) is 49.6 Å². The van der Waals surface area contributed by atoms with Crippen LogP contribution in [-0.4, -0.2) is 41.4 Å². The smallest absolute Gasteiger partial charge is 0.246 e. The minimum Gasteiger partial charge on any atom is -0.398 e. The maximum absolute atomic E-state index is 13.0. The Morgan fingerprint density at radius 3 is 2.67 bits per heavy atom. The summed E-state index contributed by atoms with van der Waals surface area (Å²) in [6.07, 6.45) is 3.29. The van der Waals surface area contributed by atoms with Crippen molar-refractivity contribution in [3.63, 3.8) is 0 Å². The predicted molar refractivity (Wildman–Crippen MR) is 108 cm³/mol. The Labute approximate surface area is 164 Å². The van der Waals surface area contributed by atoms with Gasteiger partial charge in [0.25, 0.3) is 0 Å². The molecule has 2 aromatic carbocycles. The van der Waals surface area contributed by atoms with E-state index in [0.717, 1.165) is 30.8 Å². The Kier molecular flexibility index (Phi) is 6.14. The number of hydrogen-bond acceptors (Lipinski definition) is 3. The Morgan fingerprint density at radius 2 is 2.00 bits per heavy atom. The molecule has 4 nitrogen and oxygen atoms in total. The lowest BCUT2D eigenvalue weighted by atomic mass is 10.1. The van der Waals surface area contributed by atoms with Crippen LogP contribution in [0.3, 0.4) is 0 Å². The van der Waals surface area contributed by atoms with Gasteiger partial charge in [-0.2, -0.15) is 0 Å². The quantitative estimate of drug-likeness (QED) is 0.641. The van der Waals surface area contributed by atoms with Gasteiger partial charge >= 0.3 is 0 Å². The molecule has 0 aliphatic carbocycles. The molecule has 1 amide bonds. The first-order chi connectivity index (χ1) is 12.9. The maximum atomic E-state index is 13.0. The number of amides is 1. The zero-order valence-electron chi connectivity index (χ0n) is 15.2. The molecule has 2 aromatic rings. The van der Waals surface area contributed by atoms with Crippen molar-refractivity contribution >= 4 is 29.3 Å². The fraction of sp³-hybridized carbons (Fsp3) is 0.286. The number of piperazine rings is 1. The Morgan fingerprint density at radius 1 is 1.26 bits per heavy atom. The van der Waals surface area contributed by atoms with E-state index in [4.69, 9.17) is 17.3 Å². The Bertz CT molecular complexity index is 838. The second kappa shape index (κ2) is 8.55. The van der Waals surface area contributed by atoms with E-state index in [-0.39, 0.29) is 17.8 Å². The van der Waals surface area contributed by atoms with Crippen LogP contribution in [0.2, 0.25) is 5.02 Å². The summed E-state index contributed by atoms with van der Waals surface area (Å²) >= 11 is 5.90. The average Bonchev–Trinajstić information content (AvgIpc) is 2.63. The molecule has 3 rings (SSSR count). The van der Waals surface area contributed by atoms with Crippen LogP contribution in [0.15, 0.2) is 48.5 Å². The van der Waals surface area contributed by atoms with Gasteiger partial charge in [0, 0.05) is 49.0 Å². The maximum Gasteiger partial charge on any atom is 0.246 e.